The SMILES string of the molecule is CCOC1CC(N(C)C(=O)C2CCN(C)C(=O)C2)C12CCCC2. The molecule has 1 saturated heterocycles. The second kappa shape index (κ2) is 6.42. The Kier molecular flexibility index (Phi) is 4.68. The second-order valence-electron chi connectivity index (χ2n) is 7.59. The zero-order valence-corrected chi connectivity index (χ0v) is 14.7. The summed E-state index contributed by atoms with van der Waals surface area (Å²) in [6.07, 6.45) is 7.27. The number of hydrogen-bond donors (Lipinski definition) is 0. The fourth-order valence-corrected chi connectivity index (χ4v) is 4.99. The first-order chi connectivity index (χ1) is 11.0. The monoisotopic (exact) mass is 322 g/mol. The van der Waals surface area contributed by atoms with Gasteiger partial charge in [-0.25, -0.2) is 0 Å². The number of carbonyl (C=O) groups excluding carboxylic acids is 2. The van der Waals surface area contributed by atoms with Gasteiger partial charge in [0.05, 0.1) is 6.10 Å². The Morgan fingerprint density at radius 3 is 2.70 bits per heavy atom. The summed E-state index contributed by atoms with van der Waals surface area (Å²) in [6.45, 7) is 3.50. The quantitative estimate of drug-likeness (QED) is 0.796. The largest absolute Gasteiger partial charge is 0.378 e. The van der Waals surface area contributed by atoms with Gasteiger partial charge in [-0.05, 0) is 32.6 Å². The molecule has 2 saturated carbocycles. The van der Waals surface area contributed by atoms with E-state index in [4.69, 9.17) is 4.74 Å². The number of rotatable bonds is 4. The van der Waals surface area contributed by atoms with Crippen LogP contribution in [0.25, 0.3) is 0 Å². The fraction of sp³-hybridized carbons (Fsp3) is 0.889. The summed E-state index contributed by atoms with van der Waals surface area (Å²) in [5.41, 5.74) is 0.176. The third kappa shape index (κ3) is 2.77. The molecule has 3 rings (SSSR count). The molecule has 23 heavy (non-hydrogen) atoms. The van der Waals surface area contributed by atoms with Gasteiger partial charge in [0, 0.05) is 51.0 Å². The first-order valence-electron chi connectivity index (χ1n) is 9.12. The molecule has 1 heterocycles. The molecule has 2 amide bonds. The van der Waals surface area contributed by atoms with Gasteiger partial charge in [0.1, 0.15) is 0 Å². The van der Waals surface area contributed by atoms with E-state index in [2.05, 4.69) is 6.92 Å². The Labute approximate surface area is 139 Å². The lowest BCUT2D eigenvalue weighted by atomic mass is 9.60. The van der Waals surface area contributed by atoms with Gasteiger partial charge in [-0.3, -0.25) is 9.59 Å². The highest BCUT2D eigenvalue weighted by atomic mass is 16.5. The van der Waals surface area contributed by atoms with Gasteiger partial charge in [-0.1, -0.05) is 12.8 Å². The van der Waals surface area contributed by atoms with Crippen molar-refractivity contribution in [3.63, 3.8) is 0 Å². The maximum absolute atomic E-state index is 12.9. The smallest absolute Gasteiger partial charge is 0.226 e. The zero-order valence-electron chi connectivity index (χ0n) is 14.7. The minimum Gasteiger partial charge on any atom is -0.378 e. The minimum atomic E-state index is -0.131. The fourth-order valence-electron chi connectivity index (χ4n) is 4.99. The lowest BCUT2D eigenvalue weighted by Gasteiger charge is -2.57. The van der Waals surface area contributed by atoms with Crippen LogP contribution < -0.4 is 0 Å². The van der Waals surface area contributed by atoms with Gasteiger partial charge in [-0.15, -0.1) is 0 Å². The molecule has 3 unspecified atom stereocenters. The summed E-state index contributed by atoms with van der Waals surface area (Å²) in [4.78, 5) is 28.5. The second-order valence-corrected chi connectivity index (χ2v) is 7.59. The van der Waals surface area contributed by atoms with Gasteiger partial charge in [0.25, 0.3) is 0 Å². The zero-order chi connectivity index (χ0) is 16.6. The van der Waals surface area contributed by atoms with E-state index in [-0.39, 0.29) is 23.1 Å². The van der Waals surface area contributed by atoms with E-state index in [0.29, 0.717) is 25.1 Å². The third-order valence-corrected chi connectivity index (χ3v) is 6.47. The van der Waals surface area contributed by atoms with Crippen LogP contribution in [0.2, 0.25) is 0 Å². The molecule has 3 fully saturated rings. The van der Waals surface area contributed by atoms with Crippen LogP contribution in [-0.4, -0.2) is 61.0 Å². The predicted octanol–water partition coefficient (Wildman–Crippen LogP) is 2.05. The lowest BCUT2D eigenvalue weighted by Crippen LogP contribution is -2.64. The van der Waals surface area contributed by atoms with E-state index in [9.17, 15) is 9.59 Å². The molecule has 3 aliphatic rings. The molecule has 0 aromatic heterocycles. The van der Waals surface area contributed by atoms with E-state index < -0.39 is 0 Å². The Balaban J connectivity index is 1.67. The summed E-state index contributed by atoms with van der Waals surface area (Å²) >= 11 is 0. The lowest BCUT2D eigenvalue weighted by molar-refractivity contribution is -0.176. The summed E-state index contributed by atoms with van der Waals surface area (Å²) < 4.78 is 5.95. The highest BCUT2D eigenvalue weighted by Gasteiger charge is 2.59. The molecule has 5 nitrogen and oxygen atoms in total. The summed E-state index contributed by atoms with van der Waals surface area (Å²) in [5.74, 6) is 0.130. The van der Waals surface area contributed by atoms with Crippen LogP contribution in [-0.2, 0) is 14.3 Å². The topological polar surface area (TPSA) is 49.9 Å². The maximum atomic E-state index is 12.9. The maximum Gasteiger partial charge on any atom is 0.226 e. The van der Waals surface area contributed by atoms with Crippen molar-refractivity contribution >= 4 is 11.8 Å². The number of ether oxygens (including phenoxy) is 1. The molecule has 3 atom stereocenters. The van der Waals surface area contributed by atoms with Crippen LogP contribution in [0.5, 0.6) is 0 Å². The average molecular weight is 322 g/mol. The first kappa shape index (κ1) is 16.7. The highest BCUT2D eigenvalue weighted by Crippen LogP contribution is 2.56. The van der Waals surface area contributed by atoms with Crippen molar-refractivity contribution < 1.29 is 14.3 Å². The van der Waals surface area contributed by atoms with E-state index in [0.717, 1.165) is 19.4 Å². The number of likely N-dealkylation sites (tertiary alicyclic amines) is 1. The minimum absolute atomic E-state index is 0.0966. The molecular weight excluding hydrogens is 292 g/mol. The molecule has 1 spiro atoms. The number of amides is 2. The van der Waals surface area contributed by atoms with E-state index >= 15 is 0 Å². The van der Waals surface area contributed by atoms with Gasteiger partial charge in [0.15, 0.2) is 0 Å². The molecule has 5 heteroatoms. The normalized spacial score (nSPS) is 32.9. The summed E-state index contributed by atoms with van der Waals surface area (Å²) in [7, 11) is 3.76. The Bertz CT molecular complexity index is 473. The Morgan fingerprint density at radius 1 is 1.39 bits per heavy atom. The van der Waals surface area contributed by atoms with Crippen molar-refractivity contribution in [2.24, 2.45) is 11.3 Å². The summed E-state index contributed by atoms with van der Waals surface area (Å²) in [6, 6.07) is 0.295. The number of nitrogens with zero attached hydrogens (tertiary/aromatic N) is 2. The van der Waals surface area contributed by atoms with Crippen LogP contribution >= 0.6 is 0 Å². The molecule has 0 N–H and O–H groups in total. The van der Waals surface area contributed by atoms with Gasteiger partial charge < -0.3 is 14.5 Å². The van der Waals surface area contributed by atoms with Crippen molar-refractivity contribution in [2.75, 3.05) is 27.2 Å². The molecule has 0 bridgehead atoms. The van der Waals surface area contributed by atoms with Crippen molar-refractivity contribution in [2.45, 2.75) is 64.0 Å². The van der Waals surface area contributed by atoms with Gasteiger partial charge in [0.2, 0.25) is 11.8 Å². The predicted molar refractivity (Wildman–Crippen MR) is 87.9 cm³/mol. The van der Waals surface area contributed by atoms with Gasteiger partial charge in [-0.2, -0.15) is 0 Å². The van der Waals surface area contributed by atoms with Crippen LogP contribution in [0, 0.1) is 11.3 Å². The highest BCUT2D eigenvalue weighted by molar-refractivity contribution is 5.87. The molecule has 0 aromatic carbocycles. The van der Waals surface area contributed by atoms with Crippen LogP contribution in [0.15, 0.2) is 0 Å². The first-order valence-corrected chi connectivity index (χ1v) is 9.12. The van der Waals surface area contributed by atoms with E-state index in [1.54, 1.807) is 4.90 Å². The molecular formula is C18H30N2O3. The van der Waals surface area contributed by atoms with Crippen LogP contribution in [0.3, 0.4) is 0 Å². The molecule has 130 valence electrons. The van der Waals surface area contributed by atoms with Crippen LogP contribution in [0.4, 0.5) is 0 Å². The third-order valence-electron chi connectivity index (χ3n) is 6.47. The Hall–Kier alpha value is -1.10. The van der Waals surface area contributed by atoms with Crippen molar-refractivity contribution in [1.82, 2.24) is 9.80 Å². The summed E-state index contributed by atoms with van der Waals surface area (Å²) in [5, 5.41) is 0. The standard InChI is InChI=1S/C18H30N2O3/c1-4-23-15-12-14(18(15)8-5-6-9-18)20(3)17(22)13-7-10-19(2)16(21)11-13/h13-15H,4-12H2,1-3H3. The number of carbonyl (C=O) groups is 2. The average Bonchev–Trinajstić information content (AvgIpc) is 3.05. The van der Waals surface area contributed by atoms with Gasteiger partial charge >= 0.3 is 0 Å². The molecule has 0 aromatic rings. The number of hydrogen-bond acceptors (Lipinski definition) is 3. The molecule has 0 radical (unpaired) electrons. The number of piperidine rings is 1. The molecule has 2 aliphatic carbocycles. The van der Waals surface area contributed by atoms with E-state index in [1.807, 2.05) is 19.0 Å². The van der Waals surface area contributed by atoms with Crippen molar-refractivity contribution in [3.8, 4) is 0 Å². The Morgan fingerprint density at radius 2 is 2.09 bits per heavy atom. The van der Waals surface area contributed by atoms with Crippen molar-refractivity contribution in [1.29, 1.82) is 0 Å². The molecule has 1 aliphatic heterocycles. The van der Waals surface area contributed by atoms with Crippen LogP contribution in [0.1, 0.15) is 51.9 Å². The van der Waals surface area contributed by atoms with Crippen molar-refractivity contribution in [3.05, 3.63) is 0 Å². The van der Waals surface area contributed by atoms with E-state index in [1.165, 1.54) is 25.7 Å².